The normalized spacial score (nSPS) is 16.2. The molecule has 0 fully saturated rings. The summed E-state index contributed by atoms with van der Waals surface area (Å²) >= 11 is 5.34. The van der Waals surface area contributed by atoms with Crippen LogP contribution in [0.5, 0.6) is 0 Å². The summed E-state index contributed by atoms with van der Waals surface area (Å²) in [5, 5.41) is 0. The number of allylic oxidation sites excluding steroid dienone is 4. The zero-order valence-corrected chi connectivity index (χ0v) is 8.84. The average molecular weight is 201 g/mol. The summed E-state index contributed by atoms with van der Waals surface area (Å²) in [6, 6.07) is 5.89. The van der Waals surface area contributed by atoms with E-state index < -0.39 is 0 Å². The lowest BCUT2D eigenvalue weighted by Gasteiger charge is -2.12. The molecule has 14 heavy (non-hydrogen) atoms. The van der Waals surface area contributed by atoms with Crippen molar-refractivity contribution in [2.45, 2.75) is 13.3 Å². The van der Waals surface area contributed by atoms with Crippen molar-refractivity contribution in [3.05, 3.63) is 47.8 Å². The second kappa shape index (κ2) is 3.84. The molecule has 1 aromatic rings. The minimum atomic E-state index is 0.887. The topological polar surface area (TPSA) is 12.9 Å². The van der Waals surface area contributed by atoms with Crippen molar-refractivity contribution in [1.82, 2.24) is 4.98 Å². The number of pyridine rings is 1. The zero-order chi connectivity index (χ0) is 9.97. The zero-order valence-electron chi connectivity index (χ0n) is 8.03. The Balaban J connectivity index is 2.41. The maximum Gasteiger partial charge on any atom is 0.0713 e. The van der Waals surface area contributed by atoms with Gasteiger partial charge in [-0.2, -0.15) is 0 Å². The van der Waals surface area contributed by atoms with Crippen LogP contribution in [0.15, 0.2) is 42.1 Å². The molecular formula is C12H11NS. The maximum absolute atomic E-state index is 5.34. The highest BCUT2D eigenvalue weighted by Gasteiger charge is 2.11. The molecule has 0 aromatic carbocycles. The third kappa shape index (κ3) is 1.80. The van der Waals surface area contributed by atoms with E-state index in [1.165, 1.54) is 5.57 Å². The van der Waals surface area contributed by atoms with E-state index in [0.29, 0.717) is 0 Å². The highest BCUT2D eigenvalue weighted by Crippen LogP contribution is 2.22. The molecule has 0 amide bonds. The Morgan fingerprint density at radius 2 is 2.14 bits per heavy atom. The van der Waals surface area contributed by atoms with Gasteiger partial charge in [0.05, 0.1) is 5.69 Å². The van der Waals surface area contributed by atoms with Crippen LogP contribution in [0, 0.1) is 0 Å². The maximum atomic E-state index is 5.34. The van der Waals surface area contributed by atoms with Gasteiger partial charge in [-0.05, 0) is 19.1 Å². The SMILES string of the molecule is CC1=CC=C(c2ccccn2)C(=S)C1. The highest BCUT2D eigenvalue weighted by atomic mass is 32.1. The van der Waals surface area contributed by atoms with Crippen molar-refractivity contribution in [3.63, 3.8) is 0 Å². The lowest BCUT2D eigenvalue weighted by molar-refractivity contribution is 1.24. The number of rotatable bonds is 1. The molecule has 2 rings (SSSR count). The highest BCUT2D eigenvalue weighted by molar-refractivity contribution is 7.81. The van der Waals surface area contributed by atoms with E-state index in [-0.39, 0.29) is 0 Å². The first kappa shape index (κ1) is 9.28. The summed E-state index contributed by atoms with van der Waals surface area (Å²) < 4.78 is 0. The monoisotopic (exact) mass is 201 g/mol. The van der Waals surface area contributed by atoms with Gasteiger partial charge in [0.15, 0.2) is 0 Å². The molecular weight excluding hydrogens is 190 g/mol. The number of aromatic nitrogens is 1. The van der Waals surface area contributed by atoms with Crippen LogP contribution in [0.4, 0.5) is 0 Å². The molecule has 1 nitrogen and oxygen atoms in total. The molecule has 0 N–H and O–H groups in total. The Bertz CT molecular complexity index is 415. The number of nitrogens with zero attached hydrogens (tertiary/aromatic N) is 1. The Morgan fingerprint density at radius 1 is 1.29 bits per heavy atom. The van der Waals surface area contributed by atoms with Crippen LogP contribution in [-0.2, 0) is 0 Å². The quantitative estimate of drug-likeness (QED) is 0.647. The second-order valence-electron chi connectivity index (χ2n) is 3.41. The lowest BCUT2D eigenvalue weighted by atomic mass is 9.97. The summed E-state index contributed by atoms with van der Waals surface area (Å²) in [6.07, 6.45) is 6.85. The van der Waals surface area contributed by atoms with Crippen LogP contribution < -0.4 is 0 Å². The van der Waals surface area contributed by atoms with E-state index in [9.17, 15) is 0 Å². The fraction of sp³-hybridized carbons (Fsp3) is 0.167. The molecule has 2 heteroatoms. The fourth-order valence-electron chi connectivity index (χ4n) is 1.48. The summed E-state index contributed by atoms with van der Waals surface area (Å²) in [7, 11) is 0. The Hall–Kier alpha value is -1.28. The van der Waals surface area contributed by atoms with Crippen LogP contribution in [0.2, 0.25) is 0 Å². The van der Waals surface area contributed by atoms with E-state index in [4.69, 9.17) is 12.2 Å². The third-order valence-electron chi connectivity index (χ3n) is 2.22. The van der Waals surface area contributed by atoms with Crippen LogP contribution in [0.1, 0.15) is 19.0 Å². The molecule has 0 aliphatic heterocycles. The first-order valence-corrected chi connectivity index (χ1v) is 5.00. The molecule has 0 atom stereocenters. The van der Waals surface area contributed by atoms with E-state index in [0.717, 1.165) is 22.6 Å². The van der Waals surface area contributed by atoms with Crippen molar-refractivity contribution in [2.24, 2.45) is 0 Å². The van der Waals surface area contributed by atoms with Gasteiger partial charge in [-0.25, -0.2) is 0 Å². The van der Waals surface area contributed by atoms with Crippen LogP contribution in [0.25, 0.3) is 5.57 Å². The Kier molecular flexibility index (Phi) is 2.55. The van der Waals surface area contributed by atoms with Crippen molar-refractivity contribution >= 4 is 22.7 Å². The van der Waals surface area contributed by atoms with Gasteiger partial charge in [-0.15, -0.1) is 0 Å². The van der Waals surface area contributed by atoms with Gasteiger partial charge in [0.2, 0.25) is 0 Å². The first-order chi connectivity index (χ1) is 6.77. The summed E-state index contributed by atoms with van der Waals surface area (Å²) in [5.41, 5.74) is 3.38. The second-order valence-corrected chi connectivity index (χ2v) is 3.90. The van der Waals surface area contributed by atoms with Crippen molar-refractivity contribution in [1.29, 1.82) is 0 Å². The van der Waals surface area contributed by atoms with Gasteiger partial charge in [0.25, 0.3) is 0 Å². The molecule has 70 valence electrons. The minimum absolute atomic E-state index is 0.887. The van der Waals surface area contributed by atoms with Gasteiger partial charge in [0.1, 0.15) is 0 Å². The summed E-state index contributed by atoms with van der Waals surface area (Å²) in [4.78, 5) is 5.28. The first-order valence-electron chi connectivity index (χ1n) is 4.59. The molecule has 1 aliphatic rings. The van der Waals surface area contributed by atoms with Gasteiger partial charge in [-0.1, -0.05) is 36.0 Å². The van der Waals surface area contributed by atoms with Gasteiger partial charge < -0.3 is 0 Å². The largest absolute Gasteiger partial charge is 0.256 e. The van der Waals surface area contributed by atoms with Crippen LogP contribution in [-0.4, -0.2) is 9.85 Å². The third-order valence-corrected chi connectivity index (χ3v) is 2.58. The Morgan fingerprint density at radius 3 is 2.79 bits per heavy atom. The van der Waals surface area contributed by atoms with Crippen molar-refractivity contribution < 1.29 is 0 Å². The molecule has 1 aliphatic carbocycles. The molecule has 1 aromatic heterocycles. The minimum Gasteiger partial charge on any atom is -0.256 e. The Labute approximate surface area is 89.2 Å². The van der Waals surface area contributed by atoms with Crippen LogP contribution in [0.3, 0.4) is 0 Å². The molecule has 0 saturated carbocycles. The van der Waals surface area contributed by atoms with Crippen molar-refractivity contribution in [3.8, 4) is 0 Å². The predicted molar refractivity (Wildman–Crippen MR) is 63.2 cm³/mol. The smallest absolute Gasteiger partial charge is 0.0713 e. The standard InChI is InChI=1S/C12H11NS/c1-9-5-6-10(12(14)8-9)11-4-2-3-7-13-11/h2-7H,8H2,1H3. The molecule has 1 heterocycles. The molecule has 0 bridgehead atoms. The summed E-state index contributed by atoms with van der Waals surface area (Å²) in [5.74, 6) is 0. The number of thiocarbonyl (C=S) groups is 1. The summed E-state index contributed by atoms with van der Waals surface area (Å²) in [6.45, 7) is 2.10. The van der Waals surface area contributed by atoms with Gasteiger partial charge >= 0.3 is 0 Å². The average Bonchev–Trinajstić information content (AvgIpc) is 2.19. The van der Waals surface area contributed by atoms with Crippen molar-refractivity contribution in [2.75, 3.05) is 0 Å². The molecule has 0 saturated heterocycles. The van der Waals surface area contributed by atoms with E-state index in [2.05, 4.69) is 24.1 Å². The number of hydrogen-bond acceptors (Lipinski definition) is 2. The van der Waals surface area contributed by atoms with E-state index in [1.807, 2.05) is 18.2 Å². The fourth-order valence-corrected chi connectivity index (χ4v) is 1.88. The molecule has 0 unspecified atom stereocenters. The van der Waals surface area contributed by atoms with Crippen LogP contribution >= 0.6 is 12.2 Å². The lowest BCUT2D eigenvalue weighted by Crippen LogP contribution is -2.04. The van der Waals surface area contributed by atoms with E-state index >= 15 is 0 Å². The van der Waals surface area contributed by atoms with Gasteiger partial charge in [0, 0.05) is 23.1 Å². The molecule has 0 spiro atoms. The number of hydrogen-bond donors (Lipinski definition) is 0. The predicted octanol–water partition coefficient (Wildman–Crippen LogP) is 3.18. The van der Waals surface area contributed by atoms with E-state index in [1.54, 1.807) is 6.20 Å². The molecule has 0 radical (unpaired) electrons. The van der Waals surface area contributed by atoms with Gasteiger partial charge in [-0.3, -0.25) is 4.98 Å².